The van der Waals surface area contributed by atoms with Crippen molar-refractivity contribution in [1.29, 1.82) is 0 Å². The molecule has 0 amide bonds. The van der Waals surface area contributed by atoms with Crippen molar-refractivity contribution in [2.75, 3.05) is 12.4 Å². The lowest BCUT2D eigenvalue weighted by atomic mass is 9.97. The number of anilines is 1. The summed E-state index contributed by atoms with van der Waals surface area (Å²) in [5.41, 5.74) is 4.47. The van der Waals surface area contributed by atoms with Gasteiger partial charge < -0.3 is 10.1 Å². The normalized spacial score (nSPS) is 15.6. The monoisotopic (exact) mass is 373 g/mol. The number of hydrogen-bond donors (Lipinski definition) is 1. The highest BCUT2D eigenvalue weighted by Crippen LogP contribution is 2.36. The summed E-state index contributed by atoms with van der Waals surface area (Å²) in [5.74, 6) is 0.797. The summed E-state index contributed by atoms with van der Waals surface area (Å²) >= 11 is 0. The van der Waals surface area contributed by atoms with Gasteiger partial charge in [0.15, 0.2) is 0 Å². The van der Waals surface area contributed by atoms with Gasteiger partial charge in [-0.25, -0.2) is 0 Å². The number of rotatable bonds is 4. The Balaban J connectivity index is 1.77. The van der Waals surface area contributed by atoms with E-state index in [1.807, 2.05) is 54.6 Å². The van der Waals surface area contributed by atoms with E-state index in [4.69, 9.17) is 9.73 Å². The second-order valence-corrected chi connectivity index (χ2v) is 6.56. The lowest BCUT2D eigenvalue weighted by Gasteiger charge is -2.19. The standard InChI is InChI=1S/C22H19N3O3/c1-28-18-11-9-15(10-12-18)21-14-22(16-5-4-6-17(13-16)25(26)27)24-20-8-3-2-7-19(20)23-21/h2-13,21,23H,14H2,1H3. The Morgan fingerprint density at radius 3 is 2.61 bits per heavy atom. The van der Waals surface area contributed by atoms with E-state index < -0.39 is 0 Å². The summed E-state index contributed by atoms with van der Waals surface area (Å²) in [6.45, 7) is 0. The van der Waals surface area contributed by atoms with E-state index in [1.54, 1.807) is 19.2 Å². The number of methoxy groups -OCH3 is 1. The fourth-order valence-corrected chi connectivity index (χ4v) is 3.34. The summed E-state index contributed by atoms with van der Waals surface area (Å²) < 4.78 is 5.26. The lowest BCUT2D eigenvalue weighted by Crippen LogP contribution is -2.14. The molecule has 0 spiro atoms. The van der Waals surface area contributed by atoms with Crippen LogP contribution in [0, 0.1) is 10.1 Å². The van der Waals surface area contributed by atoms with E-state index in [9.17, 15) is 10.1 Å². The first-order valence-electron chi connectivity index (χ1n) is 8.96. The lowest BCUT2D eigenvalue weighted by molar-refractivity contribution is -0.384. The number of nitrogens with one attached hydrogen (secondary N) is 1. The van der Waals surface area contributed by atoms with Crippen LogP contribution in [-0.2, 0) is 0 Å². The number of nitrogens with zero attached hydrogens (tertiary/aromatic N) is 2. The second-order valence-electron chi connectivity index (χ2n) is 6.56. The van der Waals surface area contributed by atoms with Crippen LogP contribution in [0.2, 0.25) is 0 Å². The van der Waals surface area contributed by atoms with Crippen LogP contribution < -0.4 is 10.1 Å². The molecule has 6 heteroatoms. The van der Waals surface area contributed by atoms with Gasteiger partial charge in [0.05, 0.1) is 35.2 Å². The number of para-hydroxylation sites is 2. The fraction of sp³-hybridized carbons (Fsp3) is 0.136. The molecular weight excluding hydrogens is 354 g/mol. The molecule has 0 aromatic heterocycles. The predicted molar refractivity (Wildman–Crippen MR) is 110 cm³/mol. The number of ether oxygens (including phenoxy) is 1. The molecule has 0 saturated heterocycles. The summed E-state index contributed by atoms with van der Waals surface area (Å²) in [4.78, 5) is 15.6. The van der Waals surface area contributed by atoms with Crippen LogP contribution in [0.1, 0.15) is 23.6 Å². The molecule has 1 aliphatic rings. The van der Waals surface area contributed by atoms with Crippen molar-refractivity contribution in [3.63, 3.8) is 0 Å². The van der Waals surface area contributed by atoms with Crippen LogP contribution in [-0.4, -0.2) is 17.7 Å². The second kappa shape index (κ2) is 7.52. The maximum absolute atomic E-state index is 11.2. The van der Waals surface area contributed by atoms with Crippen LogP contribution in [0.15, 0.2) is 77.8 Å². The Hall–Kier alpha value is -3.67. The maximum Gasteiger partial charge on any atom is 0.270 e. The van der Waals surface area contributed by atoms with Crippen molar-refractivity contribution < 1.29 is 9.66 Å². The molecule has 4 rings (SSSR count). The smallest absolute Gasteiger partial charge is 0.270 e. The molecule has 3 aromatic rings. The maximum atomic E-state index is 11.2. The zero-order valence-corrected chi connectivity index (χ0v) is 15.3. The van der Waals surface area contributed by atoms with Crippen LogP contribution in [0.25, 0.3) is 0 Å². The first-order chi connectivity index (χ1) is 13.6. The van der Waals surface area contributed by atoms with Gasteiger partial charge in [0.2, 0.25) is 0 Å². The summed E-state index contributed by atoms with van der Waals surface area (Å²) in [5, 5.41) is 14.8. The molecule has 28 heavy (non-hydrogen) atoms. The molecule has 0 bridgehead atoms. The van der Waals surface area contributed by atoms with Crippen molar-refractivity contribution in [2.24, 2.45) is 4.99 Å². The van der Waals surface area contributed by atoms with Crippen LogP contribution in [0.3, 0.4) is 0 Å². The zero-order valence-electron chi connectivity index (χ0n) is 15.3. The quantitative estimate of drug-likeness (QED) is 0.498. The van der Waals surface area contributed by atoms with E-state index in [0.717, 1.165) is 34.0 Å². The molecular formula is C22H19N3O3. The Kier molecular flexibility index (Phi) is 4.76. The highest BCUT2D eigenvalue weighted by molar-refractivity contribution is 6.04. The third-order valence-corrected chi connectivity index (χ3v) is 4.80. The van der Waals surface area contributed by atoms with Gasteiger partial charge in [0, 0.05) is 24.1 Å². The minimum absolute atomic E-state index is 0.0208. The Bertz CT molecular complexity index is 1040. The third-order valence-electron chi connectivity index (χ3n) is 4.80. The van der Waals surface area contributed by atoms with E-state index in [-0.39, 0.29) is 16.7 Å². The summed E-state index contributed by atoms with van der Waals surface area (Å²) in [7, 11) is 1.64. The van der Waals surface area contributed by atoms with Crippen LogP contribution in [0.5, 0.6) is 5.75 Å². The predicted octanol–water partition coefficient (Wildman–Crippen LogP) is 5.28. The molecule has 1 unspecified atom stereocenters. The molecule has 1 heterocycles. The average Bonchev–Trinajstić information content (AvgIpc) is 2.93. The van der Waals surface area contributed by atoms with Gasteiger partial charge >= 0.3 is 0 Å². The topological polar surface area (TPSA) is 76.8 Å². The van der Waals surface area contributed by atoms with E-state index >= 15 is 0 Å². The third kappa shape index (κ3) is 3.57. The van der Waals surface area contributed by atoms with E-state index in [2.05, 4.69) is 5.32 Å². The Morgan fingerprint density at radius 2 is 1.86 bits per heavy atom. The molecule has 1 aliphatic heterocycles. The Morgan fingerprint density at radius 1 is 1.07 bits per heavy atom. The van der Waals surface area contributed by atoms with E-state index in [1.165, 1.54) is 6.07 Å². The van der Waals surface area contributed by atoms with Gasteiger partial charge in [-0.2, -0.15) is 0 Å². The van der Waals surface area contributed by atoms with Gasteiger partial charge in [0.25, 0.3) is 5.69 Å². The number of non-ortho nitro benzene ring substituents is 1. The highest BCUT2D eigenvalue weighted by Gasteiger charge is 2.22. The summed E-state index contributed by atoms with van der Waals surface area (Å²) in [6.07, 6.45) is 0.599. The van der Waals surface area contributed by atoms with E-state index in [0.29, 0.717) is 6.42 Å². The molecule has 0 fully saturated rings. The number of aliphatic imine (C=N–C) groups is 1. The molecule has 1 atom stereocenters. The molecule has 140 valence electrons. The Labute approximate surface area is 162 Å². The largest absolute Gasteiger partial charge is 0.497 e. The molecule has 0 saturated carbocycles. The van der Waals surface area contributed by atoms with Gasteiger partial charge in [-0.1, -0.05) is 36.4 Å². The number of hydrogen-bond acceptors (Lipinski definition) is 5. The number of fused-ring (bicyclic) bond motifs is 1. The van der Waals surface area contributed by atoms with Crippen LogP contribution >= 0.6 is 0 Å². The SMILES string of the molecule is COc1ccc(C2CC(c3cccc([N+](=O)[O-])c3)=Nc3ccccc3N2)cc1. The van der Waals surface area contributed by atoms with Gasteiger partial charge in [0.1, 0.15) is 5.75 Å². The molecule has 0 radical (unpaired) electrons. The molecule has 1 N–H and O–H groups in total. The number of benzene rings is 3. The van der Waals surface area contributed by atoms with Crippen molar-refractivity contribution in [3.8, 4) is 5.75 Å². The summed E-state index contributed by atoms with van der Waals surface area (Å²) in [6, 6.07) is 22.3. The highest BCUT2D eigenvalue weighted by atomic mass is 16.6. The van der Waals surface area contributed by atoms with Crippen molar-refractivity contribution in [1.82, 2.24) is 0 Å². The number of nitro groups is 1. The van der Waals surface area contributed by atoms with Gasteiger partial charge in [-0.3, -0.25) is 15.1 Å². The molecule has 3 aromatic carbocycles. The van der Waals surface area contributed by atoms with Crippen LogP contribution in [0.4, 0.5) is 17.1 Å². The average molecular weight is 373 g/mol. The van der Waals surface area contributed by atoms with Crippen molar-refractivity contribution in [3.05, 3.63) is 94.0 Å². The van der Waals surface area contributed by atoms with Crippen molar-refractivity contribution in [2.45, 2.75) is 12.5 Å². The van der Waals surface area contributed by atoms with Crippen molar-refractivity contribution >= 4 is 22.8 Å². The minimum atomic E-state index is -0.381. The molecule has 0 aliphatic carbocycles. The zero-order chi connectivity index (χ0) is 19.5. The fourth-order valence-electron chi connectivity index (χ4n) is 3.34. The minimum Gasteiger partial charge on any atom is -0.497 e. The molecule has 6 nitrogen and oxygen atoms in total. The first kappa shape index (κ1) is 17.7. The number of nitro benzene ring substituents is 1. The first-order valence-corrected chi connectivity index (χ1v) is 8.96. The van der Waals surface area contributed by atoms with Gasteiger partial charge in [-0.05, 0) is 29.8 Å². The van der Waals surface area contributed by atoms with Gasteiger partial charge in [-0.15, -0.1) is 0 Å².